The second-order valence-corrected chi connectivity index (χ2v) is 2.57. The lowest BCUT2D eigenvalue weighted by Crippen LogP contribution is -1.94. The first-order valence-electron chi connectivity index (χ1n) is 4.20. The zero-order valence-electron chi connectivity index (χ0n) is 8.15. The Morgan fingerprint density at radius 2 is 2.36 bits per heavy atom. The number of hydrogen-bond acceptors (Lipinski definition) is 2. The first kappa shape index (κ1) is 10.2. The molecule has 0 saturated carbocycles. The number of aliphatic imine (C=N–C) groups is 1. The van der Waals surface area contributed by atoms with Crippen LogP contribution in [0.4, 0.5) is 0 Å². The zero-order valence-corrected chi connectivity index (χ0v) is 8.15. The molecule has 0 radical (unpaired) electrons. The number of carbonyl (C=O) groups excluding carboxylic acids is 1. The van der Waals surface area contributed by atoms with E-state index in [1.807, 2.05) is 0 Å². The molecule has 1 rings (SSSR count). The molecule has 72 valence electrons. The van der Waals surface area contributed by atoms with E-state index in [-0.39, 0.29) is 5.91 Å². The van der Waals surface area contributed by atoms with E-state index in [4.69, 9.17) is 4.74 Å². The van der Waals surface area contributed by atoms with Crippen molar-refractivity contribution in [2.75, 3.05) is 7.11 Å². The molecule has 0 saturated heterocycles. The Morgan fingerprint density at radius 1 is 1.57 bits per heavy atom. The highest BCUT2D eigenvalue weighted by molar-refractivity contribution is 5.98. The van der Waals surface area contributed by atoms with E-state index in [1.165, 1.54) is 0 Å². The van der Waals surface area contributed by atoms with E-state index in [9.17, 15) is 4.79 Å². The number of benzene rings is 1. The van der Waals surface area contributed by atoms with E-state index >= 15 is 0 Å². The van der Waals surface area contributed by atoms with Gasteiger partial charge in [-0.05, 0) is 37.1 Å². The largest absolute Gasteiger partial charge is 0.497 e. The molecular formula is C11H11NO2. The lowest BCUT2D eigenvalue weighted by molar-refractivity contribution is 0.100. The van der Waals surface area contributed by atoms with Crippen LogP contribution in [0, 0.1) is 0 Å². The van der Waals surface area contributed by atoms with E-state index in [1.54, 1.807) is 44.4 Å². The standard InChI is InChI=1S/C11H11NO2/c1-3-7-12-11(13)9-5-4-6-10(8-9)14-2/h3-6,8H,1-2H3. The molecule has 0 aliphatic carbocycles. The Balaban J connectivity index is 2.95. The predicted molar refractivity (Wildman–Crippen MR) is 55.0 cm³/mol. The molecule has 0 unspecified atom stereocenters. The number of allylic oxidation sites excluding steroid dienone is 1. The van der Waals surface area contributed by atoms with Crippen molar-refractivity contribution in [2.45, 2.75) is 6.92 Å². The summed E-state index contributed by atoms with van der Waals surface area (Å²) in [4.78, 5) is 15.0. The van der Waals surface area contributed by atoms with Crippen LogP contribution in [0.15, 0.2) is 35.3 Å². The SMILES string of the molecule is CC=C=NC(=O)c1cccc(OC)c1. The molecule has 1 aromatic rings. The predicted octanol–water partition coefficient (Wildman–Crippen LogP) is 2.08. The zero-order chi connectivity index (χ0) is 10.4. The maximum atomic E-state index is 11.4. The summed E-state index contributed by atoms with van der Waals surface area (Å²) in [5, 5.41) is 0. The normalized spacial score (nSPS) is 8.71. The molecule has 0 atom stereocenters. The van der Waals surface area contributed by atoms with Crippen molar-refractivity contribution in [3.05, 3.63) is 35.9 Å². The summed E-state index contributed by atoms with van der Waals surface area (Å²) in [5.74, 6) is 2.82. The van der Waals surface area contributed by atoms with Crippen LogP contribution in [0.25, 0.3) is 0 Å². The van der Waals surface area contributed by atoms with Gasteiger partial charge in [0.05, 0.1) is 7.11 Å². The van der Waals surface area contributed by atoms with Gasteiger partial charge in [-0.1, -0.05) is 6.07 Å². The number of ether oxygens (including phenoxy) is 1. The summed E-state index contributed by atoms with van der Waals surface area (Å²) >= 11 is 0. The van der Waals surface area contributed by atoms with E-state index in [0.717, 1.165) is 0 Å². The summed E-state index contributed by atoms with van der Waals surface area (Å²) in [6.07, 6.45) is 1.58. The highest BCUT2D eigenvalue weighted by atomic mass is 16.5. The summed E-state index contributed by atoms with van der Waals surface area (Å²) < 4.78 is 4.99. The van der Waals surface area contributed by atoms with Crippen LogP contribution in [-0.4, -0.2) is 18.9 Å². The van der Waals surface area contributed by atoms with Crippen LogP contribution < -0.4 is 4.74 Å². The topological polar surface area (TPSA) is 38.7 Å². The molecule has 0 aliphatic rings. The van der Waals surface area contributed by atoms with Crippen LogP contribution in [0.5, 0.6) is 5.75 Å². The van der Waals surface area contributed by atoms with Crippen molar-refractivity contribution in [1.82, 2.24) is 0 Å². The monoisotopic (exact) mass is 189 g/mol. The maximum absolute atomic E-state index is 11.4. The molecule has 0 N–H and O–H groups in total. The molecule has 0 aliphatic heterocycles. The Bertz CT molecular complexity index is 390. The van der Waals surface area contributed by atoms with Gasteiger partial charge < -0.3 is 4.74 Å². The van der Waals surface area contributed by atoms with Crippen molar-refractivity contribution < 1.29 is 9.53 Å². The lowest BCUT2D eigenvalue weighted by Gasteiger charge is -1.99. The first-order valence-corrected chi connectivity index (χ1v) is 4.20. The van der Waals surface area contributed by atoms with Gasteiger partial charge in [0.2, 0.25) is 0 Å². The van der Waals surface area contributed by atoms with Crippen molar-refractivity contribution in [3.63, 3.8) is 0 Å². The molecule has 0 fully saturated rings. The summed E-state index contributed by atoms with van der Waals surface area (Å²) in [5.41, 5.74) is 0.499. The number of hydrogen-bond donors (Lipinski definition) is 0. The highest BCUT2D eigenvalue weighted by Crippen LogP contribution is 2.12. The van der Waals surface area contributed by atoms with Crippen LogP contribution in [0.1, 0.15) is 17.3 Å². The minimum atomic E-state index is -0.318. The third-order valence-electron chi connectivity index (χ3n) is 1.61. The second kappa shape index (κ2) is 5.00. The second-order valence-electron chi connectivity index (χ2n) is 2.57. The fourth-order valence-electron chi connectivity index (χ4n) is 0.944. The molecule has 14 heavy (non-hydrogen) atoms. The fraction of sp³-hybridized carbons (Fsp3) is 0.182. The average Bonchev–Trinajstić information content (AvgIpc) is 2.26. The van der Waals surface area contributed by atoms with Crippen LogP contribution in [0.3, 0.4) is 0 Å². The molecule has 1 aromatic carbocycles. The van der Waals surface area contributed by atoms with Crippen molar-refractivity contribution >= 4 is 11.8 Å². The number of nitrogens with zero attached hydrogens (tertiary/aromatic N) is 1. The van der Waals surface area contributed by atoms with Crippen molar-refractivity contribution in [2.24, 2.45) is 4.99 Å². The minimum Gasteiger partial charge on any atom is -0.497 e. The quantitative estimate of drug-likeness (QED) is 0.668. The summed E-state index contributed by atoms with van der Waals surface area (Å²) in [6.45, 7) is 1.75. The van der Waals surface area contributed by atoms with Gasteiger partial charge >= 0.3 is 0 Å². The van der Waals surface area contributed by atoms with Gasteiger partial charge in [-0.3, -0.25) is 4.79 Å². The third kappa shape index (κ3) is 2.57. The number of amides is 1. The van der Waals surface area contributed by atoms with E-state index < -0.39 is 0 Å². The molecule has 0 spiro atoms. The van der Waals surface area contributed by atoms with Crippen molar-refractivity contribution in [3.8, 4) is 5.75 Å². The Hall–Kier alpha value is -1.86. The van der Waals surface area contributed by atoms with Gasteiger partial charge in [0, 0.05) is 5.56 Å². The summed E-state index contributed by atoms with van der Waals surface area (Å²) in [6, 6.07) is 6.85. The molecule has 0 heterocycles. The maximum Gasteiger partial charge on any atom is 0.285 e. The Kier molecular flexibility index (Phi) is 3.65. The van der Waals surface area contributed by atoms with Gasteiger partial charge in [0.1, 0.15) is 5.75 Å². The smallest absolute Gasteiger partial charge is 0.285 e. The molecule has 0 aromatic heterocycles. The Labute approximate surface area is 82.7 Å². The fourth-order valence-corrected chi connectivity index (χ4v) is 0.944. The van der Waals surface area contributed by atoms with Crippen LogP contribution >= 0.6 is 0 Å². The van der Waals surface area contributed by atoms with Gasteiger partial charge in [0.15, 0.2) is 0 Å². The molecule has 0 bridgehead atoms. The molecular weight excluding hydrogens is 178 g/mol. The number of carbonyl (C=O) groups is 1. The average molecular weight is 189 g/mol. The molecule has 3 nitrogen and oxygen atoms in total. The highest BCUT2D eigenvalue weighted by Gasteiger charge is 2.03. The minimum absolute atomic E-state index is 0.318. The van der Waals surface area contributed by atoms with E-state index in [2.05, 4.69) is 10.9 Å². The van der Waals surface area contributed by atoms with Gasteiger partial charge in [-0.2, -0.15) is 4.99 Å². The number of methoxy groups -OCH3 is 1. The van der Waals surface area contributed by atoms with Gasteiger partial charge in [-0.25, -0.2) is 0 Å². The van der Waals surface area contributed by atoms with Crippen LogP contribution in [0.2, 0.25) is 0 Å². The van der Waals surface area contributed by atoms with Crippen molar-refractivity contribution in [1.29, 1.82) is 0 Å². The van der Waals surface area contributed by atoms with Gasteiger partial charge in [-0.15, -0.1) is 0 Å². The number of rotatable bonds is 2. The lowest BCUT2D eigenvalue weighted by atomic mass is 10.2. The summed E-state index contributed by atoms with van der Waals surface area (Å²) in [7, 11) is 1.55. The van der Waals surface area contributed by atoms with Crippen LogP contribution in [-0.2, 0) is 0 Å². The Morgan fingerprint density at radius 3 is 3.00 bits per heavy atom. The van der Waals surface area contributed by atoms with E-state index in [0.29, 0.717) is 11.3 Å². The first-order chi connectivity index (χ1) is 6.77. The molecule has 3 heteroatoms. The third-order valence-corrected chi connectivity index (χ3v) is 1.61. The van der Waals surface area contributed by atoms with Gasteiger partial charge in [0.25, 0.3) is 5.91 Å². The molecule has 1 amide bonds.